The van der Waals surface area contributed by atoms with Crippen molar-refractivity contribution >= 4 is 0 Å². The standard InChI is InChI=1S/C19H40O8/c1-2-3-10-23-14-18(26-12-5-8-21)16-25-17-19(27-13-6-9-22)15-24-11-4-7-20/h18-22H,2-17H2,1H3. The molecule has 27 heavy (non-hydrogen) atoms. The summed E-state index contributed by atoms with van der Waals surface area (Å²) >= 11 is 0. The highest BCUT2D eigenvalue weighted by molar-refractivity contribution is 4.60. The van der Waals surface area contributed by atoms with Crippen molar-refractivity contribution in [3.63, 3.8) is 0 Å². The molecule has 8 heteroatoms. The van der Waals surface area contributed by atoms with Gasteiger partial charge in [0.15, 0.2) is 0 Å². The van der Waals surface area contributed by atoms with Crippen molar-refractivity contribution in [2.45, 2.75) is 51.2 Å². The first kappa shape index (κ1) is 26.7. The minimum absolute atomic E-state index is 0.0782. The molecule has 0 aromatic rings. The monoisotopic (exact) mass is 396 g/mol. The number of ether oxygens (including phenoxy) is 5. The Bertz CT molecular complexity index is 254. The number of rotatable bonds is 22. The second-order valence-corrected chi connectivity index (χ2v) is 6.26. The molecule has 0 aliphatic rings. The molecule has 0 saturated carbocycles. The van der Waals surface area contributed by atoms with E-state index in [9.17, 15) is 0 Å². The second kappa shape index (κ2) is 22.0. The smallest absolute Gasteiger partial charge is 0.104 e. The van der Waals surface area contributed by atoms with Gasteiger partial charge in [-0.2, -0.15) is 0 Å². The Morgan fingerprint density at radius 2 is 0.963 bits per heavy atom. The average Bonchev–Trinajstić information content (AvgIpc) is 2.68. The number of hydrogen-bond acceptors (Lipinski definition) is 8. The van der Waals surface area contributed by atoms with Gasteiger partial charge in [-0.15, -0.1) is 0 Å². The van der Waals surface area contributed by atoms with E-state index in [1.54, 1.807) is 0 Å². The fourth-order valence-electron chi connectivity index (χ4n) is 2.09. The zero-order valence-electron chi connectivity index (χ0n) is 16.9. The maximum atomic E-state index is 8.89. The molecule has 2 atom stereocenters. The number of unbranched alkanes of at least 4 members (excludes halogenated alkanes) is 1. The van der Waals surface area contributed by atoms with Crippen molar-refractivity contribution in [1.29, 1.82) is 0 Å². The summed E-state index contributed by atoms with van der Waals surface area (Å²) in [6.45, 7) is 5.98. The zero-order chi connectivity index (χ0) is 20.0. The molecular weight excluding hydrogens is 356 g/mol. The summed E-state index contributed by atoms with van der Waals surface area (Å²) in [4.78, 5) is 0. The van der Waals surface area contributed by atoms with Crippen LogP contribution in [0, 0.1) is 0 Å². The summed E-state index contributed by atoms with van der Waals surface area (Å²) < 4.78 is 28.2. The Balaban J connectivity index is 4.18. The molecule has 0 bridgehead atoms. The van der Waals surface area contributed by atoms with Crippen molar-refractivity contribution in [3.8, 4) is 0 Å². The normalized spacial score (nSPS) is 13.8. The minimum atomic E-state index is -0.241. The number of hydrogen-bond donors (Lipinski definition) is 3. The third kappa shape index (κ3) is 18.8. The summed E-state index contributed by atoms with van der Waals surface area (Å²) in [5, 5.41) is 26.6. The van der Waals surface area contributed by atoms with Gasteiger partial charge in [0.25, 0.3) is 0 Å². The molecule has 0 rings (SSSR count). The number of aliphatic hydroxyl groups is 3. The van der Waals surface area contributed by atoms with Crippen LogP contribution < -0.4 is 0 Å². The van der Waals surface area contributed by atoms with Crippen LogP contribution in [0.4, 0.5) is 0 Å². The third-order valence-electron chi connectivity index (χ3n) is 3.62. The Morgan fingerprint density at radius 1 is 0.556 bits per heavy atom. The van der Waals surface area contributed by atoms with Gasteiger partial charge in [-0.3, -0.25) is 0 Å². The molecule has 164 valence electrons. The van der Waals surface area contributed by atoms with Gasteiger partial charge < -0.3 is 39.0 Å². The Kier molecular flexibility index (Phi) is 21.7. The molecule has 3 N–H and O–H groups in total. The lowest BCUT2D eigenvalue weighted by molar-refractivity contribution is -0.0971. The van der Waals surface area contributed by atoms with Crippen LogP contribution in [-0.2, 0) is 23.7 Å². The average molecular weight is 397 g/mol. The van der Waals surface area contributed by atoms with E-state index >= 15 is 0 Å². The van der Waals surface area contributed by atoms with Crippen LogP contribution in [0.3, 0.4) is 0 Å². The van der Waals surface area contributed by atoms with Crippen molar-refractivity contribution in [2.24, 2.45) is 0 Å². The van der Waals surface area contributed by atoms with E-state index < -0.39 is 0 Å². The SMILES string of the molecule is CCCCOCC(COCC(COCCCO)OCCCO)OCCCO. The molecule has 0 heterocycles. The fraction of sp³-hybridized carbons (Fsp3) is 1.00. The fourth-order valence-corrected chi connectivity index (χ4v) is 2.09. The Morgan fingerprint density at radius 3 is 1.41 bits per heavy atom. The maximum absolute atomic E-state index is 8.89. The highest BCUT2D eigenvalue weighted by Gasteiger charge is 2.14. The van der Waals surface area contributed by atoms with Crippen molar-refractivity contribution in [1.82, 2.24) is 0 Å². The first-order valence-electron chi connectivity index (χ1n) is 10.1. The van der Waals surface area contributed by atoms with Gasteiger partial charge in [-0.1, -0.05) is 13.3 Å². The van der Waals surface area contributed by atoms with Crippen molar-refractivity contribution < 1.29 is 39.0 Å². The summed E-state index contributed by atoms with van der Waals surface area (Å²) in [7, 11) is 0. The van der Waals surface area contributed by atoms with E-state index in [0.29, 0.717) is 72.1 Å². The second-order valence-electron chi connectivity index (χ2n) is 6.26. The third-order valence-corrected chi connectivity index (χ3v) is 3.62. The van der Waals surface area contributed by atoms with Crippen LogP contribution in [0.2, 0.25) is 0 Å². The van der Waals surface area contributed by atoms with E-state index in [0.717, 1.165) is 12.8 Å². The molecule has 0 aromatic heterocycles. The molecule has 0 spiro atoms. The zero-order valence-corrected chi connectivity index (χ0v) is 16.9. The van der Waals surface area contributed by atoms with Gasteiger partial charge in [-0.25, -0.2) is 0 Å². The van der Waals surface area contributed by atoms with Crippen LogP contribution >= 0.6 is 0 Å². The lowest BCUT2D eigenvalue weighted by Gasteiger charge is -2.21. The summed E-state index contributed by atoms with van der Waals surface area (Å²) in [6, 6.07) is 0. The van der Waals surface area contributed by atoms with E-state index in [4.69, 9.17) is 39.0 Å². The summed E-state index contributed by atoms with van der Waals surface area (Å²) in [6.07, 6.45) is 3.38. The molecule has 0 saturated heterocycles. The predicted octanol–water partition coefficient (Wildman–Crippen LogP) is 0.754. The lowest BCUT2D eigenvalue weighted by Crippen LogP contribution is -2.31. The number of aliphatic hydroxyl groups excluding tert-OH is 3. The van der Waals surface area contributed by atoms with Gasteiger partial charge in [0, 0.05) is 46.2 Å². The first-order chi connectivity index (χ1) is 13.3. The highest BCUT2D eigenvalue weighted by Crippen LogP contribution is 2.02. The minimum Gasteiger partial charge on any atom is -0.396 e. The van der Waals surface area contributed by atoms with Crippen molar-refractivity contribution in [3.05, 3.63) is 0 Å². The highest BCUT2D eigenvalue weighted by atomic mass is 16.6. The Labute approximate surface area is 163 Å². The molecule has 0 fully saturated rings. The van der Waals surface area contributed by atoms with Crippen molar-refractivity contribution in [2.75, 3.05) is 72.7 Å². The van der Waals surface area contributed by atoms with E-state index in [1.165, 1.54) is 0 Å². The quantitative estimate of drug-likeness (QED) is 0.230. The Hall–Kier alpha value is -0.320. The molecule has 0 aromatic carbocycles. The summed E-state index contributed by atoms with van der Waals surface area (Å²) in [5.41, 5.74) is 0. The predicted molar refractivity (Wildman–Crippen MR) is 102 cm³/mol. The van der Waals surface area contributed by atoms with E-state index in [2.05, 4.69) is 6.92 Å². The van der Waals surface area contributed by atoms with Crippen LogP contribution in [0.5, 0.6) is 0 Å². The van der Waals surface area contributed by atoms with Crippen LogP contribution in [-0.4, -0.2) is 100 Å². The molecule has 0 radical (unpaired) electrons. The van der Waals surface area contributed by atoms with Gasteiger partial charge in [0.2, 0.25) is 0 Å². The summed E-state index contributed by atoms with van der Waals surface area (Å²) in [5.74, 6) is 0. The molecule has 0 aliphatic heterocycles. The van der Waals surface area contributed by atoms with Gasteiger partial charge in [0.05, 0.1) is 26.4 Å². The molecule has 2 unspecified atom stereocenters. The molecule has 8 nitrogen and oxygen atoms in total. The maximum Gasteiger partial charge on any atom is 0.104 e. The molecular formula is C19H40O8. The van der Waals surface area contributed by atoms with E-state index in [-0.39, 0.29) is 32.0 Å². The van der Waals surface area contributed by atoms with Gasteiger partial charge >= 0.3 is 0 Å². The topological polar surface area (TPSA) is 107 Å². The van der Waals surface area contributed by atoms with Gasteiger partial charge in [0.1, 0.15) is 12.2 Å². The first-order valence-corrected chi connectivity index (χ1v) is 10.1. The lowest BCUT2D eigenvalue weighted by atomic mass is 10.3. The van der Waals surface area contributed by atoms with Crippen LogP contribution in [0.25, 0.3) is 0 Å². The van der Waals surface area contributed by atoms with Crippen LogP contribution in [0.15, 0.2) is 0 Å². The molecule has 0 amide bonds. The van der Waals surface area contributed by atoms with Gasteiger partial charge in [-0.05, 0) is 25.7 Å². The molecule has 0 aliphatic carbocycles. The van der Waals surface area contributed by atoms with E-state index in [1.807, 2.05) is 0 Å². The largest absolute Gasteiger partial charge is 0.396 e. The van der Waals surface area contributed by atoms with Crippen LogP contribution in [0.1, 0.15) is 39.0 Å².